The number of para-hydroxylation sites is 1. The van der Waals surface area contributed by atoms with Crippen molar-refractivity contribution in [3.05, 3.63) is 44.0 Å². The lowest BCUT2D eigenvalue weighted by Crippen LogP contribution is -2.07. The van der Waals surface area contributed by atoms with Crippen LogP contribution in [0.1, 0.15) is 35.9 Å². The Labute approximate surface area is 133 Å². The number of carboxylic acids is 1. The number of hydrogen-bond acceptors (Lipinski definition) is 2. The highest BCUT2D eigenvalue weighted by molar-refractivity contribution is 14.1. The summed E-state index contributed by atoms with van der Waals surface area (Å²) >= 11 is 7.94. The predicted molar refractivity (Wildman–Crippen MR) is 82.3 cm³/mol. The molecule has 7 heteroatoms. The van der Waals surface area contributed by atoms with E-state index < -0.39 is 11.8 Å². The van der Waals surface area contributed by atoms with Crippen molar-refractivity contribution in [3.63, 3.8) is 0 Å². The number of halogens is 3. The quantitative estimate of drug-likeness (QED) is 0.778. The second kappa shape index (κ2) is 5.69. The van der Waals surface area contributed by atoms with E-state index in [9.17, 15) is 9.18 Å². The highest BCUT2D eigenvalue weighted by atomic mass is 127. The minimum atomic E-state index is -1.15. The molecule has 0 bridgehead atoms. The van der Waals surface area contributed by atoms with Crippen molar-refractivity contribution >= 4 is 40.2 Å². The maximum Gasteiger partial charge on any atom is 0.357 e. The maximum atomic E-state index is 14.0. The highest BCUT2D eigenvalue weighted by Gasteiger charge is 2.25. The SMILES string of the molecule is CC(C)c1c(I)c(C(=O)O)nn1-c1c(F)cccc1Cl. The van der Waals surface area contributed by atoms with Crippen LogP contribution in [0.3, 0.4) is 0 Å². The molecule has 1 N–H and O–H groups in total. The van der Waals surface area contributed by atoms with Crippen LogP contribution >= 0.6 is 34.2 Å². The van der Waals surface area contributed by atoms with Gasteiger partial charge in [-0.25, -0.2) is 13.9 Å². The first kappa shape index (κ1) is 15.2. The molecule has 0 amide bonds. The zero-order valence-electron chi connectivity index (χ0n) is 10.7. The Balaban J connectivity index is 2.80. The minimum absolute atomic E-state index is 0.0295. The molecule has 0 saturated carbocycles. The smallest absolute Gasteiger partial charge is 0.357 e. The van der Waals surface area contributed by atoms with E-state index in [0.717, 1.165) is 0 Å². The Hall–Kier alpha value is -1.15. The molecule has 0 fully saturated rings. The van der Waals surface area contributed by atoms with Crippen molar-refractivity contribution in [2.75, 3.05) is 0 Å². The third-order valence-electron chi connectivity index (χ3n) is 2.76. The fourth-order valence-corrected chi connectivity index (χ4v) is 3.34. The zero-order chi connectivity index (χ0) is 15.0. The summed E-state index contributed by atoms with van der Waals surface area (Å²) in [5, 5.41) is 13.4. The average molecular weight is 409 g/mol. The van der Waals surface area contributed by atoms with Crippen LogP contribution in [0.25, 0.3) is 5.69 Å². The Morgan fingerprint density at radius 2 is 2.15 bits per heavy atom. The van der Waals surface area contributed by atoms with Crippen molar-refractivity contribution < 1.29 is 14.3 Å². The lowest BCUT2D eigenvalue weighted by Gasteiger charge is -2.12. The van der Waals surface area contributed by atoms with Gasteiger partial charge >= 0.3 is 5.97 Å². The van der Waals surface area contributed by atoms with Gasteiger partial charge in [-0.1, -0.05) is 31.5 Å². The summed E-state index contributed by atoms with van der Waals surface area (Å²) in [6.45, 7) is 3.77. The molecule has 0 saturated heterocycles. The van der Waals surface area contributed by atoms with E-state index >= 15 is 0 Å². The lowest BCUT2D eigenvalue weighted by atomic mass is 10.1. The van der Waals surface area contributed by atoms with E-state index in [1.807, 2.05) is 36.4 Å². The van der Waals surface area contributed by atoms with Crippen LogP contribution in [-0.4, -0.2) is 20.9 Å². The number of nitrogens with zero attached hydrogens (tertiary/aromatic N) is 2. The summed E-state index contributed by atoms with van der Waals surface area (Å²) in [6.07, 6.45) is 0. The maximum absolute atomic E-state index is 14.0. The van der Waals surface area contributed by atoms with Crippen molar-refractivity contribution in [1.82, 2.24) is 9.78 Å². The first-order valence-electron chi connectivity index (χ1n) is 5.80. The molecule has 1 heterocycles. The van der Waals surface area contributed by atoms with Gasteiger partial charge in [0, 0.05) is 0 Å². The Kier molecular flexibility index (Phi) is 4.33. The Bertz CT molecular complexity index is 665. The van der Waals surface area contributed by atoms with Gasteiger partial charge in [0.2, 0.25) is 0 Å². The molecule has 2 aromatic rings. The summed E-state index contributed by atoms with van der Waals surface area (Å²) in [7, 11) is 0. The van der Waals surface area contributed by atoms with Crippen LogP contribution in [0.15, 0.2) is 18.2 Å². The Morgan fingerprint density at radius 1 is 1.50 bits per heavy atom. The van der Waals surface area contributed by atoms with Crippen LogP contribution in [0.4, 0.5) is 4.39 Å². The summed E-state index contributed by atoms with van der Waals surface area (Å²) in [5.74, 6) is -1.73. The van der Waals surface area contributed by atoms with Crippen molar-refractivity contribution in [3.8, 4) is 5.69 Å². The molecule has 2 rings (SSSR count). The number of hydrogen-bond donors (Lipinski definition) is 1. The molecule has 106 valence electrons. The molecule has 1 aromatic carbocycles. The highest BCUT2D eigenvalue weighted by Crippen LogP contribution is 2.31. The summed E-state index contributed by atoms with van der Waals surface area (Å²) in [6, 6.07) is 4.29. The van der Waals surface area contributed by atoms with E-state index in [-0.39, 0.29) is 22.3 Å². The molecule has 0 unspecified atom stereocenters. The first-order valence-corrected chi connectivity index (χ1v) is 7.26. The van der Waals surface area contributed by atoms with Gasteiger partial charge in [0.15, 0.2) is 5.69 Å². The molecule has 0 atom stereocenters. The van der Waals surface area contributed by atoms with Gasteiger partial charge in [0.1, 0.15) is 11.5 Å². The summed E-state index contributed by atoms with van der Waals surface area (Å²) < 4.78 is 15.8. The molecule has 20 heavy (non-hydrogen) atoms. The van der Waals surface area contributed by atoms with Gasteiger partial charge in [-0.05, 0) is 40.6 Å². The van der Waals surface area contributed by atoms with E-state index in [1.165, 1.54) is 16.8 Å². The van der Waals surface area contributed by atoms with Crippen LogP contribution in [0.2, 0.25) is 5.02 Å². The van der Waals surface area contributed by atoms with Gasteiger partial charge in [-0.15, -0.1) is 0 Å². The van der Waals surface area contributed by atoms with Crippen molar-refractivity contribution in [2.24, 2.45) is 0 Å². The van der Waals surface area contributed by atoms with E-state index in [0.29, 0.717) is 9.26 Å². The number of rotatable bonds is 3. The number of aromatic carboxylic acids is 1. The second-order valence-electron chi connectivity index (χ2n) is 4.49. The fraction of sp³-hybridized carbons (Fsp3) is 0.231. The molecule has 1 aromatic heterocycles. The first-order chi connectivity index (χ1) is 9.34. The van der Waals surface area contributed by atoms with E-state index in [1.54, 1.807) is 6.07 Å². The normalized spacial score (nSPS) is 11.1. The summed E-state index contributed by atoms with van der Waals surface area (Å²) in [5.41, 5.74) is 0.590. The third kappa shape index (κ3) is 2.54. The number of benzene rings is 1. The van der Waals surface area contributed by atoms with Gasteiger partial charge in [-0.3, -0.25) is 0 Å². The molecule has 4 nitrogen and oxygen atoms in total. The van der Waals surface area contributed by atoms with E-state index in [2.05, 4.69) is 5.10 Å². The zero-order valence-corrected chi connectivity index (χ0v) is 13.6. The molecule has 0 spiro atoms. The molecular weight excluding hydrogens is 398 g/mol. The topological polar surface area (TPSA) is 55.1 Å². The lowest BCUT2D eigenvalue weighted by molar-refractivity contribution is 0.0689. The molecule has 0 aliphatic heterocycles. The van der Waals surface area contributed by atoms with Crippen LogP contribution < -0.4 is 0 Å². The van der Waals surface area contributed by atoms with Gasteiger partial charge < -0.3 is 5.11 Å². The van der Waals surface area contributed by atoms with Crippen LogP contribution in [-0.2, 0) is 0 Å². The van der Waals surface area contributed by atoms with Gasteiger partial charge in [0.05, 0.1) is 14.3 Å². The largest absolute Gasteiger partial charge is 0.476 e. The standard InChI is InChI=1S/C13H11ClFIN2O2/c1-6(2)11-9(16)10(13(19)20)17-18(11)12-7(14)4-3-5-8(12)15/h3-6H,1-2H3,(H,19,20). The number of carboxylic acid groups (broad SMARTS) is 1. The number of carbonyl (C=O) groups is 1. The monoisotopic (exact) mass is 408 g/mol. The molecule has 0 radical (unpaired) electrons. The minimum Gasteiger partial charge on any atom is -0.476 e. The van der Waals surface area contributed by atoms with Gasteiger partial charge in [0.25, 0.3) is 0 Å². The van der Waals surface area contributed by atoms with Crippen LogP contribution in [0, 0.1) is 9.39 Å². The van der Waals surface area contributed by atoms with Gasteiger partial charge in [-0.2, -0.15) is 5.10 Å². The van der Waals surface area contributed by atoms with E-state index in [4.69, 9.17) is 16.7 Å². The van der Waals surface area contributed by atoms with Crippen LogP contribution in [0.5, 0.6) is 0 Å². The fourth-order valence-electron chi connectivity index (χ4n) is 1.91. The Morgan fingerprint density at radius 3 is 2.65 bits per heavy atom. The number of aromatic nitrogens is 2. The summed E-state index contributed by atoms with van der Waals surface area (Å²) in [4.78, 5) is 11.2. The third-order valence-corrected chi connectivity index (χ3v) is 4.13. The average Bonchev–Trinajstić information content (AvgIpc) is 2.66. The molecule has 0 aliphatic carbocycles. The second-order valence-corrected chi connectivity index (χ2v) is 5.98. The van der Waals surface area contributed by atoms with Crippen molar-refractivity contribution in [1.29, 1.82) is 0 Å². The van der Waals surface area contributed by atoms with Crippen molar-refractivity contribution in [2.45, 2.75) is 19.8 Å². The molecular formula is C13H11ClFIN2O2. The predicted octanol–water partition coefficient (Wildman–Crippen LogP) is 4.09. The molecule has 0 aliphatic rings.